The van der Waals surface area contributed by atoms with Crippen molar-refractivity contribution in [2.75, 3.05) is 23.9 Å². The lowest BCUT2D eigenvalue weighted by atomic mass is 10.0. The molecule has 1 aliphatic heterocycles. The average Bonchev–Trinajstić information content (AvgIpc) is 2.82. The quantitative estimate of drug-likeness (QED) is 0.569. The second kappa shape index (κ2) is 9.21. The molecule has 1 aliphatic rings. The lowest BCUT2D eigenvalue weighted by Crippen LogP contribution is -2.24. The van der Waals surface area contributed by atoms with E-state index in [9.17, 15) is 22.2 Å². The van der Waals surface area contributed by atoms with Crippen molar-refractivity contribution in [3.63, 3.8) is 0 Å². The highest BCUT2D eigenvalue weighted by Gasteiger charge is 2.21. The lowest BCUT2D eigenvalue weighted by molar-refractivity contribution is 0.146. The van der Waals surface area contributed by atoms with Gasteiger partial charge < -0.3 is 5.32 Å². The zero-order chi connectivity index (χ0) is 24.6. The fourth-order valence-corrected chi connectivity index (χ4v) is 5.48. The predicted molar refractivity (Wildman–Crippen MR) is 127 cm³/mol. The molecule has 3 heterocycles. The van der Waals surface area contributed by atoms with Gasteiger partial charge in [0.25, 0.3) is 12.0 Å². The van der Waals surface area contributed by atoms with Gasteiger partial charge in [0, 0.05) is 42.6 Å². The van der Waals surface area contributed by atoms with Crippen LogP contribution in [0.1, 0.15) is 42.5 Å². The Labute approximate surface area is 194 Å². The van der Waals surface area contributed by atoms with Gasteiger partial charge in [-0.15, -0.1) is 0 Å². The molecular formula is C23H24F3N5O2S. The van der Waals surface area contributed by atoms with Crippen molar-refractivity contribution in [3.8, 4) is 0 Å². The van der Waals surface area contributed by atoms with Crippen LogP contribution in [-0.2, 0) is 16.8 Å². The first-order chi connectivity index (χ1) is 16.1. The van der Waals surface area contributed by atoms with Gasteiger partial charge in [0.2, 0.25) is 5.95 Å². The number of alkyl halides is 2. The summed E-state index contributed by atoms with van der Waals surface area (Å²) in [5.41, 5.74) is 0.816. The third-order valence-corrected chi connectivity index (χ3v) is 8.21. The van der Waals surface area contributed by atoms with Gasteiger partial charge in [-0.2, -0.15) is 4.98 Å². The standard InChI is InChI=1S/C23H24F3N5O2S/c1-13(16-5-4-6-17(19(16)24)20(25)26)29-23-28-12-15-11-18(22(32)31(3)21(15)30-23)14-7-9-34(33,27-2)10-8-14/h4-7,11-13,20H,8-10H2,1-3H3,(H,28,29,30)/t13-,34?/m1/s1. The summed E-state index contributed by atoms with van der Waals surface area (Å²) in [5.74, 6) is -0.140. The van der Waals surface area contributed by atoms with Crippen LogP contribution in [-0.4, -0.2) is 37.3 Å². The molecule has 11 heteroatoms. The highest BCUT2D eigenvalue weighted by Crippen LogP contribution is 2.29. The number of nitrogens with one attached hydrogen (secondary N) is 1. The molecule has 0 radical (unpaired) electrons. The van der Waals surface area contributed by atoms with E-state index in [1.807, 2.05) is 6.08 Å². The van der Waals surface area contributed by atoms with Crippen LogP contribution in [0.5, 0.6) is 0 Å². The number of rotatable bonds is 5. The lowest BCUT2D eigenvalue weighted by Gasteiger charge is -2.18. The number of anilines is 1. The summed E-state index contributed by atoms with van der Waals surface area (Å²) in [5, 5.41) is 3.54. The van der Waals surface area contributed by atoms with E-state index in [4.69, 9.17) is 0 Å². The molecule has 0 fully saturated rings. The Bertz CT molecular complexity index is 1480. The smallest absolute Gasteiger partial charge is 0.266 e. The highest BCUT2D eigenvalue weighted by atomic mass is 32.2. The van der Waals surface area contributed by atoms with Crippen LogP contribution < -0.4 is 10.9 Å². The molecule has 0 aliphatic carbocycles. The second-order valence-corrected chi connectivity index (χ2v) is 10.8. The molecule has 1 N–H and O–H groups in total. The van der Waals surface area contributed by atoms with Crippen molar-refractivity contribution in [2.45, 2.75) is 25.8 Å². The van der Waals surface area contributed by atoms with Gasteiger partial charge in [-0.3, -0.25) is 9.36 Å². The first-order valence-corrected chi connectivity index (χ1v) is 12.5. The van der Waals surface area contributed by atoms with Gasteiger partial charge in [0.05, 0.1) is 27.1 Å². The number of allylic oxidation sites excluding steroid dienone is 1. The summed E-state index contributed by atoms with van der Waals surface area (Å²) in [6.45, 7) is 1.61. The van der Waals surface area contributed by atoms with Crippen molar-refractivity contribution in [3.05, 3.63) is 69.4 Å². The molecule has 7 nitrogen and oxygen atoms in total. The second-order valence-electron chi connectivity index (χ2n) is 8.12. The van der Waals surface area contributed by atoms with Crippen LogP contribution >= 0.6 is 0 Å². The third kappa shape index (κ3) is 4.44. The van der Waals surface area contributed by atoms with Crippen LogP contribution in [0.15, 0.2) is 45.7 Å². The van der Waals surface area contributed by atoms with Gasteiger partial charge >= 0.3 is 0 Å². The van der Waals surface area contributed by atoms with Crippen molar-refractivity contribution < 1.29 is 17.4 Å². The number of halogens is 3. The molecule has 2 aromatic heterocycles. The monoisotopic (exact) mass is 491 g/mol. The molecule has 0 saturated heterocycles. The first kappa shape index (κ1) is 23.9. The summed E-state index contributed by atoms with van der Waals surface area (Å²) in [6, 6.07) is 4.85. The van der Waals surface area contributed by atoms with Crippen LogP contribution in [0.4, 0.5) is 19.1 Å². The fourth-order valence-electron chi connectivity index (χ4n) is 3.99. The predicted octanol–water partition coefficient (Wildman–Crippen LogP) is 4.46. The number of hydrogen-bond donors (Lipinski definition) is 1. The molecule has 34 heavy (non-hydrogen) atoms. The number of nitrogens with zero attached hydrogens (tertiary/aromatic N) is 4. The van der Waals surface area contributed by atoms with E-state index < -0.39 is 33.6 Å². The molecule has 1 unspecified atom stereocenters. The summed E-state index contributed by atoms with van der Waals surface area (Å²) < 4.78 is 58.4. The Morgan fingerprint density at radius 2 is 2.00 bits per heavy atom. The number of fused-ring (bicyclic) bond motifs is 1. The number of hydrogen-bond acceptors (Lipinski definition) is 6. The van der Waals surface area contributed by atoms with E-state index in [1.165, 1.54) is 16.7 Å². The van der Waals surface area contributed by atoms with E-state index in [2.05, 4.69) is 19.6 Å². The average molecular weight is 492 g/mol. The highest BCUT2D eigenvalue weighted by molar-refractivity contribution is 7.93. The first-order valence-electron chi connectivity index (χ1n) is 10.6. The Kier molecular flexibility index (Phi) is 6.48. The largest absolute Gasteiger partial charge is 0.348 e. The summed E-state index contributed by atoms with van der Waals surface area (Å²) in [6.07, 6.45) is 0.912. The minimum absolute atomic E-state index is 0.0605. The van der Waals surface area contributed by atoms with E-state index >= 15 is 0 Å². The van der Waals surface area contributed by atoms with Crippen LogP contribution in [0.25, 0.3) is 16.6 Å². The van der Waals surface area contributed by atoms with Crippen molar-refractivity contribution in [1.29, 1.82) is 0 Å². The summed E-state index contributed by atoms with van der Waals surface area (Å²) in [7, 11) is 0.890. The maximum Gasteiger partial charge on any atom is 0.266 e. The maximum absolute atomic E-state index is 14.5. The molecule has 1 aromatic carbocycles. The van der Waals surface area contributed by atoms with E-state index in [1.54, 1.807) is 33.3 Å². The van der Waals surface area contributed by atoms with Crippen LogP contribution in [0.3, 0.4) is 0 Å². The molecule has 3 aromatic rings. The Hall–Kier alpha value is -3.21. The van der Waals surface area contributed by atoms with E-state index in [0.717, 1.165) is 11.6 Å². The summed E-state index contributed by atoms with van der Waals surface area (Å²) >= 11 is 0. The fraction of sp³-hybridized carbons (Fsp3) is 0.348. The molecule has 0 spiro atoms. The zero-order valence-electron chi connectivity index (χ0n) is 18.9. The Morgan fingerprint density at radius 3 is 2.65 bits per heavy atom. The maximum atomic E-state index is 14.5. The minimum Gasteiger partial charge on any atom is -0.348 e. The Morgan fingerprint density at radius 1 is 1.26 bits per heavy atom. The Balaban J connectivity index is 1.66. The van der Waals surface area contributed by atoms with Gasteiger partial charge in [0.1, 0.15) is 11.5 Å². The molecule has 0 amide bonds. The molecule has 180 valence electrons. The minimum atomic E-state index is -2.92. The van der Waals surface area contributed by atoms with E-state index in [-0.39, 0.29) is 17.1 Å². The number of pyridine rings is 1. The summed E-state index contributed by atoms with van der Waals surface area (Å²) in [4.78, 5) is 21.7. The van der Waals surface area contributed by atoms with E-state index in [0.29, 0.717) is 34.5 Å². The van der Waals surface area contributed by atoms with Crippen molar-refractivity contribution in [2.24, 2.45) is 11.4 Å². The van der Waals surface area contributed by atoms with Crippen molar-refractivity contribution >= 4 is 32.3 Å². The zero-order valence-corrected chi connectivity index (χ0v) is 19.7. The van der Waals surface area contributed by atoms with Crippen molar-refractivity contribution in [1.82, 2.24) is 14.5 Å². The topological polar surface area (TPSA) is 89.2 Å². The normalized spacial score (nSPS) is 19.2. The number of benzene rings is 1. The van der Waals surface area contributed by atoms with Gasteiger partial charge in [-0.05, 0) is 25.0 Å². The SMILES string of the molecule is CN=S1(=O)CC=C(c2cc3cnc(N[C@H](C)c4cccc(C(F)F)c4F)nc3n(C)c2=O)CC1. The van der Waals surface area contributed by atoms with Crippen LogP contribution in [0.2, 0.25) is 0 Å². The molecular weight excluding hydrogens is 467 g/mol. The number of aromatic nitrogens is 3. The number of aryl methyl sites for hydroxylation is 1. The van der Waals surface area contributed by atoms with Gasteiger partial charge in [0.15, 0.2) is 0 Å². The molecule has 0 bridgehead atoms. The van der Waals surface area contributed by atoms with Gasteiger partial charge in [-0.25, -0.2) is 26.7 Å². The molecule has 0 saturated carbocycles. The molecule has 2 atom stereocenters. The molecule has 4 rings (SSSR count). The van der Waals surface area contributed by atoms with Gasteiger partial charge in [-0.1, -0.05) is 24.3 Å². The van der Waals surface area contributed by atoms with Crippen LogP contribution in [0, 0.1) is 5.82 Å². The third-order valence-electron chi connectivity index (χ3n) is 6.01.